The Bertz CT molecular complexity index is 632. The van der Waals surface area contributed by atoms with Crippen LogP contribution in [0, 0.1) is 0 Å². The summed E-state index contributed by atoms with van der Waals surface area (Å²) in [6, 6.07) is 9.34. The van der Waals surface area contributed by atoms with E-state index >= 15 is 0 Å². The Kier molecular flexibility index (Phi) is 4.15. The van der Waals surface area contributed by atoms with Crippen LogP contribution in [-0.2, 0) is 4.79 Å². The van der Waals surface area contributed by atoms with E-state index in [1.165, 1.54) is 4.80 Å². The predicted octanol–water partition coefficient (Wildman–Crippen LogP) is 0.851. The third-order valence-corrected chi connectivity index (χ3v) is 4.02. The second kappa shape index (κ2) is 6.23. The van der Waals surface area contributed by atoms with Crippen molar-refractivity contribution in [1.29, 1.82) is 0 Å². The Labute approximate surface area is 129 Å². The smallest absolute Gasteiger partial charge is 0.249 e. The van der Waals surface area contributed by atoms with Crippen molar-refractivity contribution in [3.05, 3.63) is 30.3 Å². The van der Waals surface area contributed by atoms with Crippen molar-refractivity contribution < 1.29 is 4.79 Å². The normalized spacial score (nSPS) is 17.5. The maximum Gasteiger partial charge on any atom is 0.249 e. The molecule has 1 atom stereocenters. The van der Waals surface area contributed by atoms with E-state index in [4.69, 9.17) is 5.73 Å². The Morgan fingerprint density at radius 1 is 1.27 bits per heavy atom. The van der Waals surface area contributed by atoms with Crippen molar-refractivity contribution in [3.8, 4) is 11.4 Å². The lowest BCUT2D eigenvalue weighted by Crippen LogP contribution is -2.45. The first-order valence-corrected chi connectivity index (χ1v) is 7.54. The predicted molar refractivity (Wildman–Crippen MR) is 81.8 cm³/mol. The van der Waals surface area contributed by atoms with Gasteiger partial charge in [0.2, 0.25) is 11.7 Å². The molecule has 7 heteroatoms. The van der Waals surface area contributed by atoms with Crippen LogP contribution in [0.5, 0.6) is 0 Å². The van der Waals surface area contributed by atoms with E-state index in [-0.39, 0.29) is 11.9 Å². The van der Waals surface area contributed by atoms with Crippen LogP contribution in [0.2, 0.25) is 0 Å². The molecule has 1 aliphatic rings. The molecule has 22 heavy (non-hydrogen) atoms. The third kappa shape index (κ3) is 2.99. The molecule has 1 amide bonds. The minimum atomic E-state index is -0.459. The molecule has 1 aliphatic heterocycles. The first-order valence-electron chi connectivity index (χ1n) is 7.54. The van der Waals surface area contributed by atoms with Crippen molar-refractivity contribution in [2.45, 2.75) is 31.8 Å². The zero-order valence-electron chi connectivity index (χ0n) is 12.6. The number of hydrogen-bond acceptors (Lipinski definition) is 5. The first kappa shape index (κ1) is 14.6. The van der Waals surface area contributed by atoms with Gasteiger partial charge in [-0.2, -0.15) is 4.80 Å². The highest BCUT2D eigenvalue weighted by Crippen LogP contribution is 2.16. The highest BCUT2D eigenvalue weighted by molar-refractivity contribution is 5.80. The molecule has 2 aromatic rings. The van der Waals surface area contributed by atoms with Gasteiger partial charge in [0.05, 0.1) is 0 Å². The zero-order chi connectivity index (χ0) is 15.5. The number of aromatic nitrogens is 4. The van der Waals surface area contributed by atoms with E-state index in [2.05, 4.69) is 15.4 Å². The summed E-state index contributed by atoms with van der Waals surface area (Å²) in [6.45, 7) is 3.20. The second-order valence-corrected chi connectivity index (χ2v) is 5.64. The number of nitrogens with zero attached hydrogens (tertiary/aromatic N) is 5. The van der Waals surface area contributed by atoms with E-state index in [0.717, 1.165) is 18.4 Å². The van der Waals surface area contributed by atoms with Gasteiger partial charge in [0, 0.05) is 24.7 Å². The summed E-state index contributed by atoms with van der Waals surface area (Å²) >= 11 is 0. The standard InChI is InChI=1S/C15H20N6O/c1-11(15(22)20-9-7-13(16)8-10-20)21-18-14(17-19-21)12-5-3-2-4-6-12/h2-6,11,13H,7-10,16H2,1H3. The van der Waals surface area contributed by atoms with E-state index in [0.29, 0.717) is 18.9 Å². The number of amides is 1. The van der Waals surface area contributed by atoms with Gasteiger partial charge in [-0.05, 0) is 25.0 Å². The molecule has 0 bridgehead atoms. The summed E-state index contributed by atoms with van der Waals surface area (Å²) < 4.78 is 0. The number of nitrogens with two attached hydrogens (primary N) is 1. The first-order chi connectivity index (χ1) is 10.6. The summed E-state index contributed by atoms with van der Waals surface area (Å²) in [5.74, 6) is 0.546. The van der Waals surface area contributed by atoms with Crippen LogP contribution in [-0.4, -0.2) is 50.1 Å². The van der Waals surface area contributed by atoms with E-state index < -0.39 is 6.04 Å². The van der Waals surface area contributed by atoms with E-state index in [1.807, 2.05) is 35.2 Å². The Balaban J connectivity index is 1.71. The fourth-order valence-electron chi connectivity index (χ4n) is 2.57. The number of piperidine rings is 1. The summed E-state index contributed by atoms with van der Waals surface area (Å²) in [5, 5.41) is 12.4. The van der Waals surface area contributed by atoms with Gasteiger partial charge in [-0.3, -0.25) is 4.79 Å². The number of carbonyl (C=O) groups is 1. The molecule has 0 radical (unpaired) electrons. The summed E-state index contributed by atoms with van der Waals surface area (Å²) in [4.78, 5) is 15.7. The van der Waals surface area contributed by atoms with Gasteiger partial charge >= 0.3 is 0 Å². The van der Waals surface area contributed by atoms with Gasteiger partial charge < -0.3 is 10.6 Å². The third-order valence-electron chi connectivity index (χ3n) is 4.02. The molecule has 0 spiro atoms. The molecule has 2 heterocycles. The molecule has 0 saturated carbocycles. The van der Waals surface area contributed by atoms with Crippen molar-refractivity contribution in [3.63, 3.8) is 0 Å². The van der Waals surface area contributed by atoms with Crippen LogP contribution < -0.4 is 5.73 Å². The van der Waals surface area contributed by atoms with Crippen LogP contribution in [0.1, 0.15) is 25.8 Å². The average molecular weight is 300 g/mol. The molecule has 1 unspecified atom stereocenters. The lowest BCUT2D eigenvalue weighted by Gasteiger charge is -2.31. The molecule has 1 aromatic carbocycles. The zero-order valence-corrected chi connectivity index (χ0v) is 12.6. The number of likely N-dealkylation sites (tertiary alicyclic amines) is 1. The minimum Gasteiger partial charge on any atom is -0.341 e. The number of carbonyl (C=O) groups excluding carboxylic acids is 1. The van der Waals surface area contributed by atoms with E-state index in [9.17, 15) is 4.79 Å². The molecule has 1 aromatic heterocycles. The number of tetrazole rings is 1. The van der Waals surface area contributed by atoms with Crippen LogP contribution >= 0.6 is 0 Å². The SMILES string of the molecule is CC(C(=O)N1CCC(N)CC1)n1nnc(-c2ccccc2)n1. The second-order valence-electron chi connectivity index (χ2n) is 5.64. The largest absolute Gasteiger partial charge is 0.341 e. The maximum atomic E-state index is 12.5. The molecule has 116 valence electrons. The highest BCUT2D eigenvalue weighted by Gasteiger charge is 2.27. The maximum absolute atomic E-state index is 12.5. The molecular weight excluding hydrogens is 280 g/mol. The quantitative estimate of drug-likeness (QED) is 0.907. The average Bonchev–Trinajstić information content (AvgIpc) is 3.05. The molecule has 0 aliphatic carbocycles. The molecular formula is C15H20N6O. The topological polar surface area (TPSA) is 89.9 Å². The minimum absolute atomic E-state index is 0.0175. The van der Waals surface area contributed by atoms with Crippen molar-refractivity contribution >= 4 is 5.91 Å². The molecule has 3 rings (SSSR count). The molecule has 1 fully saturated rings. The van der Waals surface area contributed by atoms with Gasteiger partial charge in [0.15, 0.2) is 0 Å². The van der Waals surface area contributed by atoms with Crippen molar-refractivity contribution in [2.75, 3.05) is 13.1 Å². The van der Waals surface area contributed by atoms with Crippen LogP contribution in [0.4, 0.5) is 0 Å². The summed E-state index contributed by atoms with van der Waals surface area (Å²) in [5.41, 5.74) is 6.76. The fourth-order valence-corrected chi connectivity index (χ4v) is 2.57. The van der Waals surface area contributed by atoms with Crippen molar-refractivity contribution in [1.82, 2.24) is 25.1 Å². The van der Waals surface area contributed by atoms with Gasteiger partial charge in [0.1, 0.15) is 6.04 Å². The van der Waals surface area contributed by atoms with E-state index in [1.54, 1.807) is 6.92 Å². The number of rotatable bonds is 3. The van der Waals surface area contributed by atoms with Gasteiger partial charge in [-0.1, -0.05) is 30.3 Å². The summed E-state index contributed by atoms with van der Waals surface area (Å²) in [6.07, 6.45) is 1.69. The van der Waals surface area contributed by atoms with Crippen LogP contribution in [0.3, 0.4) is 0 Å². The Hall–Kier alpha value is -2.28. The molecule has 7 nitrogen and oxygen atoms in total. The van der Waals surface area contributed by atoms with Crippen LogP contribution in [0.25, 0.3) is 11.4 Å². The molecule has 1 saturated heterocycles. The fraction of sp³-hybridized carbons (Fsp3) is 0.467. The number of benzene rings is 1. The lowest BCUT2D eigenvalue weighted by atomic mass is 10.1. The van der Waals surface area contributed by atoms with Gasteiger partial charge in [-0.25, -0.2) is 0 Å². The monoisotopic (exact) mass is 300 g/mol. The van der Waals surface area contributed by atoms with Gasteiger partial charge in [-0.15, -0.1) is 10.2 Å². The Morgan fingerprint density at radius 2 is 1.95 bits per heavy atom. The van der Waals surface area contributed by atoms with Crippen LogP contribution in [0.15, 0.2) is 30.3 Å². The molecule has 2 N–H and O–H groups in total. The highest BCUT2D eigenvalue weighted by atomic mass is 16.2. The lowest BCUT2D eigenvalue weighted by molar-refractivity contribution is -0.136. The summed E-state index contributed by atoms with van der Waals surface area (Å²) in [7, 11) is 0. The van der Waals surface area contributed by atoms with Gasteiger partial charge in [0.25, 0.3) is 0 Å². The Morgan fingerprint density at radius 3 is 2.64 bits per heavy atom. The van der Waals surface area contributed by atoms with Crippen molar-refractivity contribution in [2.24, 2.45) is 5.73 Å². The number of hydrogen-bond donors (Lipinski definition) is 1.